The van der Waals surface area contributed by atoms with Crippen molar-refractivity contribution in [3.63, 3.8) is 0 Å². The van der Waals surface area contributed by atoms with E-state index in [4.69, 9.17) is 0 Å². The molecule has 0 N–H and O–H groups in total. The van der Waals surface area contributed by atoms with Gasteiger partial charge in [0.05, 0.1) is 0 Å². The Morgan fingerprint density at radius 2 is 1.67 bits per heavy atom. The van der Waals surface area contributed by atoms with E-state index >= 15 is 0 Å². The number of rotatable bonds is 6. The normalized spacial score (nSPS) is 10.9. The molecule has 0 saturated carbocycles. The van der Waals surface area contributed by atoms with Crippen molar-refractivity contribution in [3.05, 3.63) is 35.4 Å². The molecule has 2 heteroatoms. The zero-order valence-corrected chi connectivity index (χ0v) is 11.3. The van der Waals surface area contributed by atoms with Crippen LogP contribution in [0.25, 0.3) is 0 Å². The molecule has 0 aliphatic heterocycles. The van der Waals surface area contributed by atoms with Crippen LogP contribution in [0.1, 0.15) is 25.0 Å². The average Bonchev–Trinajstić information content (AvgIpc) is 2.29. The van der Waals surface area contributed by atoms with Crippen LogP contribution in [0, 0.1) is 0 Å². The van der Waals surface area contributed by atoms with Crippen molar-refractivity contribution in [2.24, 2.45) is 0 Å². The van der Waals surface area contributed by atoms with E-state index in [1.165, 1.54) is 11.1 Å². The van der Waals surface area contributed by atoms with Crippen LogP contribution in [0.2, 0.25) is 0 Å². The van der Waals surface area contributed by atoms with Crippen LogP contribution >= 0.6 is 15.9 Å². The number of nitrogens with zero attached hydrogens (tertiary/aromatic N) is 1. The van der Waals surface area contributed by atoms with E-state index in [0.29, 0.717) is 0 Å². The van der Waals surface area contributed by atoms with Crippen molar-refractivity contribution in [2.75, 3.05) is 18.4 Å². The third kappa shape index (κ3) is 4.35. The summed E-state index contributed by atoms with van der Waals surface area (Å²) in [4.78, 5) is 2.44. The molecule has 15 heavy (non-hydrogen) atoms. The maximum absolute atomic E-state index is 3.49. The highest BCUT2D eigenvalue weighted by Gasteiger charge is 2.02. The molecule has 0 amide bonds. The number of hydrogen-bond acceptors (Lipinski definition) is 1. The van der Waals surface area contributed by atoms with Gasteiger partial charge in [-0.3, -0.25) is 4.90 Å². The standard InChI is InChI=1S/C13H20BrN/c1-3-12-5-7-13(8-6-12)11-15(4-2)10-9-14/h5-8H,3-4,9-11H2,1-2H3. The van der Waals surface area contributed by atoms with E-state index in [-0.39, 0.29) is 0 Å². The molecule has 0 saturated heterocycles. The zero-order chi connectivity index (χ0) is 11.1. The second-order valence-electron chi connectivity index (χ2n) is 3.73. The summed E-state index contributed by atoms with van der Waals surface area (Å²) in [7, 11) is 0. The van der Waals surface area contributed by atoms with Crippen LogP contribution in [-0.4, -0.2) is 23.3 Å². The van der Waals surface area contributed by atoms with Crippen molar-refractivity contribution in [3.8, 4) is 0 Å². The highest BCUT2D eigenvalue weighted by atomic mass is 79.9. The maximum Gasteiger partial charge on any atom is 0.0233 e. The molecule has 0 aliphatic carbocycles. The molecule has 1 nitrogen and oxygen atoms in total. The Balaban J connectivity index is 2.55. The number of halogens is 1. The summed E-state index contributed by atoms with van der Waals surface area (Å²) in [5, 5.41) is 1.05. The molecule has 0 fully saturated rings. The first-order valence-corrected chi connectivity index (χ1v) is 6.78. The summed E-state index contributed by atoms with van der Waals surface area (Å²) >= 11 is 3.49. The molecule has 0 heterocycles. The lowest BCUT2D eigenvalue weighted by molar-refractivity contribution is 0.299. The van der Waals surface area contributed by atoms with E-state index in [9.17, 15) is 0 Å². The van der Waals surface area contributed by atoms with Gasteiger partial charge < -0.3 is 0 Å². The smallest absolute Gasteiger partial charge is 0.0233 e. The molecule has 0 spiro atoms. The van der Waals surface area contributed by atoms with Gasteiger partial charge in [-0.25, -0.2) is 0 Å². The summed E-state index contributed by atoms with van der Waals surface area (Å²) < 4.78 is 0. The largest absolute Gasteiger partial charge is 0.299 e. The van der Waals surface area contributed by atoms with E-state index in [2.05, 4.69) is 58.9 Å². The van der Waals surface area contributed by atoms with E-state index in [1.807, 2.05) is 0 Å². The van der Waals surface area contributed by atoms with Crippen LogP contribution in [-0.2, 0) is 13.0 Å². The minimum Gasteiger partial charge on any atom is -0.299 e. The molecule has 0 unspecified atom stereocenters. The van der Waals surface area contributed by atoms with Gasteiger partial charge in [0.1, 0.15) is 0 Å². The lowest BCUT2D eigenvalue weighted by Gasteiger charge is -2.19. The van der Waals surface area contributed by atoms with Gasteiger partial charge in [0.15, 0.2) is 0 Å². The lowest BCUT2D eigenvalue weighted by Crippen LogP contribution is -2.24. The summed E-state index contributed by atoms with van der Waals surface area (Å²) in [6.07, 6.45) is 1.12. The van der Waals surface area contributed by atoms with Gasteiger partial charge in [-0.2, -0.15) is 0 Å². The first kappa shape index (κ1) is 12.7. The third-order valence-corrected chi connectivity index (χ3v) is 3.04. The fraction of sp³-hybridized carbons (Fsp3) is 0.538. The zero-order valence-electron chi connectivity index (χ0n) is 9.67. The van der Waals surface area contributed by atoms with Crippen molar-refractivity contribution in [1.29, 1.82) is 0 Å². The highest BCUT2D eigenvalue weighted by Crippen LogP contribution is 2.08. The Hall–Kier alpha value is -0.340. The Labute approximate surface area is 102 Å². The van der Waals surface area contributed by atoms with Crippen LogP contribution in [0.5, 0.6) is 0 Å². The average molecular weight is 270 g/mol. The van der Waals surface area contributed by atoms with Gasteiger partial charge in [-0.05, 0) is 24.1 Å². The van der Waals surface area contributed by atoms with Crippen molar-refractivity contribution < 1.29 is 0 Å². The van der Waals surface area contributed by atoms with E-state index < -0.39 is 0 Å². The van der Waals surface area contributed by atoms with Crippen molar-refractivity contribution in [2.45, 2.75) is 26.8 Å². The first-order chi connectivity index (χ1) is 7.30. The predicted molar refractivity (Wildman–Crippen MR) is 70.6 cm³/mol. The highest BCUT2D eigenvalue weighted by molar-refractivity contribution is 9.09. The molecule has 1 rings (SSSR count). The minimum atomic E-state index is 1.05. The molecule has 84 valence electrons. The molecule has 0 bridgehead atoms. The van der Waals surface area contributed by atoms with E-state index in [0.717, 1.165) is 31.4 Å². The fourth-order valence-corrected chi connectivity index (χ4v) is 2.11. The molecule has 0 aromatic heterocycles. The monoisotopic (exact) mass is 269 g/mol. The molecule has 0 radical (unpaired) electrons. The van der Waals surface area contributed by atoms with Gasteiger partial charge in [0.2, 0.25) is 0 Å². The molecular formula is C13H20BrN. The van der Waals surface area contributed by atoms with Gasteiger partial charge in [-0.15, -0.1) is 0 Å². The summed E-state index contributed by atoms with van der Waals surface area (Å²) in [5.41, 5.74) is 2.83. The number of hydrogen-bond donors (Lipinski definition) is 0. The second kappa shape index (κ2) is 7.02. The predicted octanol–water partition coefficient (Wildman–Crippen LogP) is 3.47. The third-order valence-electron chi connectivity index (χ3n) is 2.69. The maximum atomic E-state index is 3.49. The Morgan fingerprint density at radius 1 is 1.07 bits per heavy atom. The number of alkyl halides is 1. The summed E-state index contributed by atoms with van der Waals surface area (Å²) in [5.74, 6) is 0. The van der Waals surface area contributed by atoms with Crippen LogP contribution in [0.15, 0.2) is 24.3 Å². The molecule has 1 aromatic carbocycles. The second-order valence-corrected chi connectivity index (χ2v) is 4.52. The minimum absolute atomic E-state index is 1.05. The van der Waals surface area contributed by atoms with Gasteiger partial charge in [-0.1, -0.05) is 54.0 Å². The van der Waals surface area contributed by atoms with E-state index in [1.54, 1.807) is 0 Å². The molecule has 1 aromatic rings. The topological polar surface area (TPSA) is 3.24 Å². The SMILES string of the molecule is CCc1ccc(CN(CC)CCBr)cc1. The Kier molecular flexibility index (Phi) is 5.96. The first-order valence-electron chi connectivity index (χ1n) is 5.66. The summed E-state index contributed by atoms with van der Waals surface area (Å²) in [6, 6.07) is 8.96. The lowest BCUT2D eigenvalue weighted by atomic mass is 10.1. The molecule has 0 aliphatic rings. The van der Waals surface area contributed by atoms with Gasteiger partial charge in [0.25, 0.3) is 0 Å². The molecule has 0 atom stereocenters. The molecular weight excluding hydrogens is 250 g/mol. The Bertz CT molecular complexity index is 268. The van der Waals surface area contributed by atoms with Crippen LogP contribution in [0.3, 0.4) is 0 Å². The quantitative estimate of drug-likeness (QED) is 0.715. The van der Waals surface area contributed by atoms with Crippen molar-refractivity contribution in [1.82, 2.24) is 4.90 Å². The van der Waals surface area contributed by atoms with Crippen LogP contribution in [0.4, 0.5) is 0 Å². The number of benzene rings is 1. The van der Waals surface area contributed by atoms with Crippen molar-refractivity contribution >= 4 is 15.9 Å². The van der Waals surface area contributed by atoms with Gasteiger partial charge in [0, 0.05) is 18.4 Å². The fourth-order valence-electron chi connectivity index (χ4n) is 1.61. The Morgan fingerprint density at radius 3 is 2.13 bits per heavy atom. The summed E-state index contributed by atoms with van der Waals surface area (Å²) in [6.45, 7) is 7.69. The number of aryl methyl sites for hydroxylation is 1. The van der Waals surface area contributed by atoms with Gasteiger partial charge >= 0.3 is 0 Å². The van der Waals surface area contributed by atoms with Crippen LogP contribution < -0.4 is 0 Å².